The molecule has 2 aliphatic heterocycles. The Balaban J connectivity index is 1.50. The maximum Gasteiger partial charge on any atom is 0.510 e. The second kappa shape index (κ2) is 11.1. The smallest absolute Gasteiger partial charge is 0.451 e. The summed E-state index contributed by atoms with van der Waals surface area (Å²) in [6.45, 7) is -0.254. The molecule has 3 aliphatic rings. The molecule has 7 rings (SSSR count). The van der Waals surface area contributed by atoms with E-state index in [9.17, 15) is 18.8 Å². The fraction of sp³-hybridized carbons (Fsp3) is 0.290. The number of hydrogen-bond acceptors (Lipinski definition) is 9. The third-order valence-electron chi connectivity index (χ3n) is 8.31. The Bertz CT molecular complexity index is 1860. The van der Waals surface area contributed by atoms with E-state index in [-0.39, 0.29) is 17.0 Å². The number of carbonyl (C=O) groups is 2. The summed E-state index contributed by atoms with van der Waals surface area (Å²) in [5, 5.41) is 1.95. The molecule has 1 amide bonds. The normalized spacial score (nSPS) is 18.6. The highest BCUT2D eigenvalue weighted by Gasteiger charge is 2.46. The lowest BCUT2D eigenvalue weighted by Gasteiger charge is -2.50. The molecule has 0 N–H and O–H groups in total. The van der Waals surface area contributed by atoms with Crippen LogP contribution in [0.4, 0.5) is 13.6 Å². The predicted molar refractivity (Wildman–Crippen MR) is 156 cm³/mol. The number of halogens is 2. The van der Waals surface area contributed by atoms with Crippen molar-refractivity contribution in [2.75, 3.05) is 25.5 Å². The fourth-order valence-electron chi connectivity index (χ4n) is 6.45. The third kappa shape index (κ3) is 4.33. The molecule has 2 aromatic carbocycles. The van der Waals surface area contributed by atoms with Crippen LogP contribution in [0, 0.1) is 11.6 Å². The van der Waals surface area contributed by atoms with E-state index in [4.69, 9.17) is 9.47 Å². The van der Waals surface area contributed by atoms with E-state index >= 15 is 4.39 Å². The van der Waals surface area contributed by atoms with Crippen molar-refractivity contribution >= 4 is 23.4 Å². The van der Waals surface area contributed by atoms with E-state index in [0.717, 1.165) is 43.6 Å². The van der Waals surface area contributed by atoms with E-state index < -0.39 is 48.1 Å². The van der Waals surface area contributed by atoms with Crippen LogP contribution in [-0.4, -0.2) is 53.2 Å². The second-order valence-electron chi connectivity index (χ2n) is 10.6. The Morgan fingerprint density at radius 1 is 1.07 bits per heavy atom. The zero-order chi connectivity index (χ0) is 30.5. The minimum absolute atomic E-state index is 0.0464. The fourth-order valence-corrected chi connectivity index (χ4v) is 7.30. The lowest BCUT2D eigenvalue weighted by Crippen LogP contribution is -2.62. The molecule has 0 saturated carbocycles. The van der Waals surface area contributed by atoms with Gasteiger partial charge in [-0.15, -0.1) is 11.3 Å². The van der Waals surface area contributed by atoms with E-state index in [1.54, 1.807) is 21.2 Å². The number of fused-ring (bicyclic) bond motifs is 7. The Kier molecular flexibility index (Phi) is 7.04. The summed E-state index contributed by atoms with van der Waals surface area (Å²) in [7, 11) is 1.13. The average molecular weight is 621 g/mol. The number of aromatic nitrogens is 2. The lowest BCUT2D eigenvalue weighted by molar-refractivity contribution is 0.0130. The van der Waals surface area contributed by atoms with Gasteiger partial charge in [0.15, 0.2) is 17.3 Å². The highest BCUT2D eigenvalue weighted by atomic mass is 32.1. The van der Waals surface area contributed by atoms with Crippen LogP contribution in [0.5, 0.6) is 5.75 Å². The average Bonchev–Trinajstić information content (AvgIpc) is 3.32. The van der Waals surface area contributed by atoms with E-state index in [1.165, 1.54) is 23.6 Å². The Labute approximate surface area is 254 Å². The van der Waals surface area contributed by atoms with Gasteiger partial charge in [0.1, 0.15) is 6.17 Å². The van der Waals surface area contributed by atoms with Gasteiger partial charge >= 0.3 is 6.16 Å². The highest BCUT2D eigenvalue weighted by Crippen LogP contribution is 2.50. The number of benzene rings is 2. The van der Waals surface area contributed by atoms with Crippen molar-refractivity contribution in [2.24, 2.45) is 0 Å². The highest BCUT2D eigenvalue weighted by molar-refractivity contribution is 7.13. The van der Waals surface area contributed by atoms with Gasteiger partial charge in [-0.25, -0.2) is 18.6 Å². The zero-order valence-corrected chi connectivity index (χ0v) is 24.3. The predicted octanol–water partition coefficient (Wildman–Crippen LogP) is 5.43. The van der Waals surface area contributed by atoms with Gasteiger partial charge < -0.3 is 19.1 Å². The van der Waals surface area contributed by atoms with Gasteiger partial charge in [-0.1, -0.05) is 36.8 Å². The first-order chi connectivity index (χ1) is 21.4. The molecule has 226 valence electrons. The van der Waals surface area contributed by atoms with Crippen LogP contribution >= 0.6 is 11.3 Å². The Morgan fingerprint density at radius 3 is 2.75 bits per heavy atom. The third-order valence-corrected chi connectivity index (χ3v) is 9.17. The largest absolute Gasteiger partial charge is 0.510 e. The van der Waals surface area contributed by atoms with Crippen LogP contribution in [0.25, 0.3) is 21.7 Å². The van der Waals surface area contributed by atoms with Gasteiger partial charge in [0.2, 0.25) is 18.0 Å². The number of pyridine rings is 1. The maximum absolute atomic E-state index is 15.9. The molecule has 4 aromatic rings. The van der Waals surface area contributed by atoms with E-state index in [1.807, 2.05) is 29.3 Å². The summed E-state index contributed by atoms with van der Waals surface area (Å²) < 4.78 is 47.3. The van der Waals surface area contributed by atoms with Gasteiger partial charge in [0.25, 0.3) is 5.91 Å². The molecule has 4 heterocycles. The molecule has 0 spiro atoms. The number of ether oxygens (including phenoxy) is 3. The van der Waals surface area contributed by atoms with Gasteiger partial charge in [-0.05, 0) is 42.0 Å². The number of hydrogen-bond donors (Lipinski definition) is 0. The molecule has 2 aromatic heterocycles. The van der Waals surface area contributed by atoms with Crippen molar-refractivity contribution in [3.05, 3.63) is 92.9 Å². The van der Waals surface area contributed by atoms with Gasteiger partial charge in [-0.2, -0.15) is 0 Å². The minimum Gasteiger partial charge on any atom is -0.451 e. The van der Waals surface area contributed by atoms with Gasteiger partial charge in [-0.3, -0.25) is 19.3 Å². The van der Waals surface area contributed by atoms with E-state index in [0.29, 0.717) is 29.1 Å². The number of thiazole rings is 1. The molecule has 2 atom stereocenters. The number of carbonyl (C=O) groups excluding carboxylic acids is 2. The molecular formula is C31H26F2N4O6S. The lowest BCUT2D eigenvalue weighted by atomic mass is 9.92. The van der Waals surface area contributed by atoms with Crippen LogP contribution in [0.2, 0.25) is 0 Å². The van der Waals surface area contributed by atoms with Crippen LogP contribution < -0.4 is 15.2 Å². The standard InChI is InChI=1S/C31H26F2N4O6S/c1-41-31(40)43-16-42-28-21(38)12-14-36-27(28)30(39)35-13-6-2-3-9-22(35)37(36)26-17-7-4-5-8-18(17)29-25(34-15-44-29)23-19(26)10-11-20(32)24(23)33/h4-5,7-8,10-12,14-15,22,26H,2-3,6,9,13,16H2,1H3. The monoisotopic (exact) mass is 620 g/mol. The summed E-state index contributed by atoms with van der Waals surface area (Å²) in [5.74, 6) is -2.74. The topological polar surface area (TPSA) is 103 Å². The first kappa shape index (κ1) is 28.0. The number of amides is 1. The maximum atomic E-state index is 15.9. The van der Waals surface area contributed by atoms with Crippen molar-refractivity contribution in [2.45, 2.75) is 37.9 Å². The molecule has 0 bridgehead atoms. The minimum atomic E-state index is -1.02. The molecular weight excluding hydrogens is 594 g/mol. The quantitative estimate of drug-likeness (QED) is 0.220. The molecule has 1 saturated heterocycles. The molecule has 1 aliphatic carbocycles. The summed E-state index contributed by atoms with van der Waals surface area (Å²) in [6, 6.07) is 10.8. The van der Waals surface area contributed by atoms with Crippen LogP contribution in [0.3, 0.4) is 0 Å². The van der Waals surface area contributed by atoms with Crippen molar-refractivity contribution in [1.82, 2.24) is 14.6 Å². The number of nitrogens with zero attached hydrogens (tertiary/aromatic N) is 4. The zero-order valence-electron chi connectivity index (χ0n) is 23.5. The molecule has 2 unspecified atom stereocenters. The summed E-state index contributed by atoms with van der Waals surface area (Å²) >= 11 is 1.33. The second-order valence-corrected chi connectivity index (χ2v) is 11.5. The van der Waals surface area contributed by atoms with Crippen LogP contribution in [-0.2, 0) is 9.47 Å². The summed E-state index contributed by atoms with van der Waals surface area (Å²) in [5.41, 5.74) is 3.39. The number of methoxy groups -OCH3 is 1. The van der Waals surface area contributed by atoms with E-state index in [2.05, 4.69) is 9.72 Å². The first-order valence-electron chi connectivity index (χ1n) is 14.1. The van der Waals surface area contributed by atoms with Crippen LogP contribution in [0.15, 0.2) is 59.0 Å². The van der Waals surface area contributed by atoms with Crippen molar-refractivity contribution in [3.63, 3.8) is 0 Å². The van der Waals surface area contributed by atoms with Gasteiger partial charge in [0.05, 0.1) is 29.2 Å². The first-order valence-corrected chi connectivity index (χ1v) is 15.0. The molecule has 44 heavy (non-hydrogen) atoms. The Morgan fingerprint density at radius 2 is 1.91 bits per heavy atom. The SMILES string of the molecule is COC(=O)OCOc1c2n(ccc1=O)N(C1c3ccccc3-c3scnc3-c3c1ccc(F)c3F)C1CCCCCN1C2=O. The molecule has 13 heteroatoms. The van der Waals surface area contributed by atoms with Crippen molar-refractivity contribution in [3.8, 4) is 27.4 Å². The number of rotatable bonds is 4. The van der Waals surface area contributed by atoms with Crippen molar-refractivity contribution in [1.29, 1.82) is 0 Å². The molecule has 10 nitrogen and oxygen atoms in total. The summed E-state index contributed by atoms with van der Waals surface area (Å²) in [4.78, 5) is 45.8. The summed E-state index contributed by atoms with van der Waals surface area (Å²) in [6.07, 6.45) is 3.03. The van der Waals surface area contributed by atoms with Gasteiger partial charge in [0, 0.05) is 24.4 Å². The molecule has 1 fully saturated rings. The van der Waals surface area contributed by atoms with Crippen LogP contribution in [0.1, 0.15) is 53.3 Å². The van der Waals surface area contributed by atoms with Crippen molar-refractivity contribution < 1.29 is 32.6 Å². The Hall–Kier alpha value is -4.78. The molecule has 0 radical (unpaired) electrons.